The van der Waals surface area contributed by atoms with Crippen LogP contribution in [0.3, 0.4) is 0 Å². The molecule has 1 aromatic heterocycles. The van der Waals surface area contributed by atoms with E-state index in [0.29, 0.717) is 22.3 Å². The van der Waals surface area contributed by atoms with E-state index in [-0.39, 0.29) is 22.7 Å². The molecule has 23 heavy (non-hydrogen) atoms. The fourth-order valence-corrected chi connectivity index (χ4v) is 2.76. The summed E-state index contributed by atoms with van der Waals surface area (Å²) < 4.78 is 32.6. The number of benzene rings is 2. The summed E-state index contributed by atoms with van der Waals surface area (Å²) >= 11 is 0. The number of hydrogen-bond acceptors (Lipinski definition) is 3. The molecule has 1 fully saturated rings. The summed E-state index contributed by atoms with van der Waals surface area (Å²) in [5.74, 6) is -1.40. The lowest BCUT2D eigenvalue weighted by molar-refractivity contribution is 0.472. The van der Waals surface area contributed by atoms with E-state index in [1.165, 1.54) is 24.3 Å². The molecule has 1 heterocycles. The van der Waals surface area contributed by atoms with Gasteiger partial charge in [-0.1, -0.05) is 6.07 Å². The Kier molecular flexibility index (Phi) is 2.98. The highest BCUT2D eigenvalue weighted by molar-refractivity contribution is 5.84. The Balaban J connectivity index is 2.06. The smallest absolute Gasteiger partial charge is 0.200 e. The van der Waals surface area contributed by atoms with Crippen LogP contribution in [-0.2, 0) is 0 Å². The molecule has 1 saturated carbocycles. The molecule has 3 nitrogen and oxygen atoms in total. The molecule has 0 aliphatic heterocycles. The van der Waals surface area contributed by atoms with Gasteiger partial charge in [-0.15, -0.1) is 0 Å². The van der Waals surface area contributed by atoms with Crippen LogP contribution in [0.1, 0.15) is 24.5 Å². The van der Waals surface area contributed by atoms with Gasteiger partial charge in [-0.25, -0.2) is 8.78 Å². The van der Waals surface area contributed by atoms with E-state index in [2.05, 4.69) is 0 Å². The van der Waals surface area contributed by atoms with Crippen molar-refractivity contribution in [3.8, 4) is 16.9 Å². The lowest BCUT2D eigenvalue weighted by Gasteiger charge is -2.10. The largest absolute Gasteiger partial charge is 0.508 e. The van der Waals surface area contributed by atoms with Gasteiger partial charge in [-0.2, -0.15) is 0 Å². The maximum Gasteiger partial charge on any atom is 0.200 e. The number of fused-ring (bicyclic) bond motifs is 1. The topological polar surface area (TPSA) is 50.4 Å². The van der Waals surface area contributed by atoms with Gasteiger partial charge >= 0.3 is 0 Å². The Bertz CT molecular complexity index is 987. The molecule has 0 radical (unpaired) electrons. The molecule has 0 unspecified atom stereocenters. The van der Waals surface area contributed by atoms with Gasteiger partial charge < -0.3 is 9.52 Å². The standard InChI is InChI=1S/C18H12F2O3/c19-13-6-3-10(7-14(13)20)16-17(22)12-5-4-11(21)8-15(12)23-18(16)9-1-2-9/h3-9,21H,1-2H2. The zero-order valence-electron chi connectivity index (χ0n) is 12.0. The van der Waals surface area contributed by atoms with E-state index in [1.54, 1.807) is 0 Å². The zero-order chi connectivity index (χ0) is 16.1. The molecule has 116 valence electrons. The minimum atomic E-state index is -1.01. The summed E-state index contributed by atoms with van der Waals surface area (Å²) in [6, 6.07) is 7.64. The van der Waals surface area contributed by atoms with Gasteiger partial charge in [-0.05, 0) is 42.7 Å². The van der Waals surface area contributed by atoms with Crippen LogP contribution in [0.4, 0.5) is 8.78 Å². The molecule has 1 N–H and O–H groups in total. The highest BCUT2D eigenvalue weighted by Crippen LogP contribution is 2.44. The third-order valence-electron chi connectivity index (χ3n) is 4.06. The third-order valence-corrected chi connectivity index (χ3v) is 4.06. The molecule has 0 amide bonds. The predicted octanol–water partition coefficient (Wildman–Crippen LogP) is 4.32. The molecule has 4 rings (SSSR count). The molecular weight excluding hydrogens is 302 g/mol. The van der Waals surface area contributed by atoms with Crippen LogP contribution >= 0.6 is 0 Å². The normalized spacial score (nSPS) is 14.3. The first-order valence-corrected chi connectivity index (χ1v) is 7.30. The van der Waals surface area contributed by atoms with Crippen LogP contribution in [0.15, 0.2) is 45.6 Å². The van der Waals surface area contributed by atoms with Crippen LogP contribution in [0.25, 0.3) is 22.1 Å². The van der Waals surface area contributed by atoms with Gasteiger partial charge in [0, 0.05) is 12.0 Å². The van der Waals surface area contributed by atoms with Crippen molar-refractivity contribution in [1.82, 2.24) is 0 Å². The molecule has 0 bridgehead atoms. The predicted molar refractivity (Wildman–Crippen MR) is 81.5 cm³/mol. The quantitative estimate of drug-likeness (QED) is 0.766. The van der Waals surface area contributed by atoms with Crippen molar-refractivity contribution in [2.24, 2.45) is 0 Å². The van der Waals surface area contributed by atoms with Crippen molar-refractivity contribution in [3.05, 3.63) is 64.0 Å². The van der Waals surface area contributed by atoms with Crippen molar-refractivity contribution in [3.63, 3.8) is 0 Å². The molecule has 2 aromatic carbocycles. The van der Waals surface area contributed by atoms with E-state index in [9.17, 15) is 18.7 Å². The van der Waals surface area contributed by atoms with Crippen molar-refractivity contribution >= 4 is 11.0 Å². The van der Waals surface area contributed by atoms with E-state index in [4.69, 9.17) is 4.42 Å². The monoisotopic (exact) mass is 314 g/mol. The van der Waals surface area contributed by atoms with Gasteiger partial charge in [0.25, 0.3) is 0 Å². The fourth-order valence-electron chi connectivity index (χ4n) is 2.76. The highest BCUT2D eigenvalue weighted by atomic mass is 19.2. The van der Waals surface area contributed by atoms with Crippen LogP contribution in [0.2, 0.25) is 0 Å². The van der Waals surface area contributed by atoms with E-state index < -0.39 is 11.6 Å². The van der Waals surface area contributed by atoms with Crippen LogP contribution in [0, 0.1) is 11.6 Å². The Morgan fingerprint density at radius 2 is 1.83 bits per heavy atom. The molecule has 0 atom stereocenters. The van der Waals surface area contributed by atoms with Crippen LogP contribution in [0.5, 0.6) is 5.75 Å². The maximum atomic E-state index is 13.6. The van der Waals surface area contributed by atoms with Crippen LogP contribution < -0.4 is 5.43 Å². The average Bonchev–Trinajstić information content (AvgIpc) is 3.34. The second kappa shape index (κ2) is 4.91. The van der Waals surface area contributed by atoms with Crippen molar-refractivity contribution in [1.29, 1.82) is 0 Å². The number of phenols is 1. The second-order valence-corrected chi connectivity index (χ2v) is 5.75. The molecule has 5 heteroatoms. The Morgan fingerprint density at radius 1 is 1.04 bits per heavy atom. The van der Waals surface area contributed by atoms with E-state index in [1.807, 2.05) is 0 Å². The minimum absolute atomic E-state index is 0.00275. The van der Waals surface area contributed by atoms with Gasteiger partial charge in [0.1, 0.15) is 17.1 Å². The van der Waals surface area contributed by atoms with Gasteiger partial charge in [-0.3, -0.25) is 4.79 Å². The highest BCUT2D eigenvalue weighted by Gasteiger charge is 2.31. The summed E-state index contributed by atoms with van der Waals surface area (Å²) in [6.45, 7) is 0. The second-order valence-electron chi connectivity index (χ2n) is 5.75. The molecule has 0 spiro atoms. The SMILES string of the molecule is O=c1c(-c2ccc(F)c(F)c2)c(C2CC2)oc2cc(O)ccc12. The first-order valence-electron chi connectivity index (χ1n) is 7.30. The summed E-state index contributed by atoms with van der Waals surface area (Å²) in [7, 11) is 0. The Morgan fingerprint density at radius 3 is 2.52 bits per heavy atom. The van der Waals surface area contributed by atoms with Gasteiger partial charge in [0.15, 0.2) is 11.6 Å². The first-order chi connectivity index (χ1) is 11.0. The van der Waals surface area contributed by atoms with Crippen molar-refractivity contribution in [2.45, 2.75) is 18.8 Å². The molecule has 0 saturated heterocycles. The fraction of sp³-hybridized carbons (Fsp3) is 0.167. The molecular formula is C18H12F2O3. The number of phenolic OH excluding ortho intramolecular Hbond substituents is 1. The molecule has 3 aromatic rings. The maximum absolute atomic E-state index is 13.6. The van der Waals surface area contributed by atoms with Gasteiger partial charge in [0.2, 0.25) is 5.43 Å². The minimum Gasteiger partial charge on any atom is -0.508 e. The average molecular weight is 314 g/mol. The lowest BCUT2D eigenvalue weighted by atomic mass is 10.00. The van der Waals surface area contributed by atoms with E-state index in [0.717, 1.165) is 25.0 Å². The summed E-state index contributed by atoms with van der Waals surface area (Å²) in [6.07, 6.45) is 1.76. The lowest BCUT2D eigenvalue weighted by Crippen LogP contribution is -2.09. The first kappa shape index (κ1) is 13.9. The summed E-state index contributed by atoms with van der Waals surface area (Å²) in [5, 5.41) is 9.86. The van der Waals surface area contributed by atoms with E-state index >= 15 is 0 Å². The number of aromatic hydroxyl groups is 1. The summed E-state index contributed by atoms with van der Waals surface area (Å²) in [4.78, 5) is 12.8. The Labute approximate surface area is 129 Å². The summed E-state index contributed by atoms with van der Waals surface area (Å²) in [5.41, 5.74) is 0.557. The molecule has 1 aliphatic carbocycles. The third kappa shape index (κ3) is 2.29. The van der Waals surface area contributed by atoms with Crippen LogP contribution in [-0.4, -0.2) is 5.11 Å². The van der Waals surface area contributed by atoms with Gasteiger partial charge in [0.05, 0.1) is 10.9 Å². The Hall–Kier alpha value is -2.69. The van der Waals surface area contributed by atoms with Crippen molar-refractivity contribution in [2.75, 3.05) is 0 Å². The number of rotatable bonds is 2. The number of halogens is 2. The zero-order valence-corrected chi connectivity index (χ0v) is 12.0. The number of hydrogen-bond donors (Lipinski definition) is 1. The molecule has 1 aliphatic rings. The van der Waals surface area contributed by atoms with Crippen molar-refractivity contribution < 1.29 is 18.3 Å².